The van der Waals surface area contributed by atoms with Crippen LogP contribution in [-0.4, -0.2) is 40.9 Å². The lowest BCUT2D eigenvalue weighted by Crippen LogP contribution is -2.37. The summed E-state index contributed by atoms with van der Waals surface area (Å²) in [6.07, 6.45) is 8.30. The molecular formula is C14H24N4. The highest BCUT2D eigenvalue weighted by Gasteiger charge is 2.14. The molecule has 1 aromatic heterocycles. The first-order chi connectivity index (χ1) is 8.78. The van der Waals surface area contributed by atoms with Crippen LogP contribution in [0.3, 0.4) is 0 Å². The monoisotopic (exact) mass is 248 g/mol. The zero-order chi connectivity index (χ0) is 12.8. The van der Waals surface area contributed by atoms with Gasteiger partial charge in [-0.2, -0.15) is 5.10 Å². The van der Waals surface area contributed by atoms with E-state index in [-0.39, 0.29) is 0 Å². The van der Waals surface area contributed by atoms with Gasteiger partial charge in [0.2, 0.25) is 0 Å². The summed E-state index contributed by atoms with van der Waals surface area (Å²) in [5.41, 5.74) is 1.21. The van der Waals surface area contributed by atoms with E-state index in [1.54, 1.807) is 10.9 Å². The van der Waals surface area contributed by atoms with Crippen LogP contribution in [0, 0.1) is 5.92 Å². The van der Waals surface area contributed by atoms with Crippen LogP contribution in [0.15, 0.2) is 19.0 Å². The molecule has 1 aliphatic heterocycles. The molecule has 0 saturated carbocycles. The third-order valence-electron chi connectivity index (χ3n) is 3.65. The number of hydrogen-bond donors (Lipinski definition) is 1. The number of piperidine rings is 1. The van der Waals surface area contributed by atoms with Gasteiger partial charge in [-0.05, 0) is 31.8 Å². The van der Waals surface area contributed by atoms with Crippen LogP contribution in [0.2, 0.25) is 0 Å². The molecule has 0 aromatic carbocycles. The van der Waals surface area contributed by atoms with E-state index in [0.29, 0.717) is 0 Å². The third-order valence-corrected chi connectivity index (χ3v) is 3.65. The minimum Gasteiger partial charge on any atom is -0.311 e. The summed E-state index contributed by atoms with van der Waals surface area (Å²) in [5, 5.41) is 7.63. The van der Waals surface area contributed by atoms with Crippen LogP contribution in [0.25, 0.3) is 6.20 Å². The van der Waals surface area contributed by atoms with Gasteiger partial charge in [0, 0.05) is 37.6 Å². The number of hydrogen-bond acceptors (Lipinski definition) is 3. The van der Waals surface area contributed by atoms with Gasteiger partial charge in [0.25, 0.3) is 0 Å². The van der Waals surface area contributed by atoms with E-state index >= 15 is 0 Å². The molecular weight excluding hydrogens is 224 g/mol. The maximum atomic E-state index is 4.16. The van der Waals surface area contributed by atoms with Crippen molar-refractivity contribution in [2.24, 2.45) is 5.92 Å². The van der Waals surface area contributed by atoms with Crippen LogP contribution in [0.5, 0.6) is 0 Å². The molecule has 1 aliphatic rings. The van der Waals surface area contributed by atoms with E-state index < -0.39 is 0 Å². The molecule has 4 heteroatoms. The number of nitrogens with one attached hydrogen (secondary N) is 1. The van der Waals surface area contributed by atoms with Gasteiger partial charge in [-0.15, -0.1) is 0 Å². The van der Waals surface area contributed by atoms with Gasteiger partial charge >= 0.3 is 0 Å². The van der Waals surface area contributed by atoms with Gasteiger partial charge < -0.3 is 10.2 Å². The van der Waals surface area contributed by atoms with Gasteiger partial charge in [-0.25, -0.2) is 4.68 Å². The standard InChI is InChI=1S/C14H24N4/c1-3-18-12-14(11-16-18)10-15-6-9-17-7-4-13(2)5-8-17/h3,11-13,15H,1,4-10H2,2H3. The van der Waals surface area contributed by atoms with E-state index in [1.807, 2.05) is 12.4 Å². The lowest BCUT2D eigenvalue weighted by Gasteiger charge is -2.30. The lowest BCUT2D eigenvalue weighted by atomic mass is 9.99. The molecule has 0 bridgehead atoms. The quantitative estimate of drug-likeness (QED) is 0.779. The summed E-state index contributed by atoms with van der Waals surface area (Å²) in [6.45, 7) is 11.6. The van der Waals surface area contributed by atoms with Crippen LogP contribution in [0.1, 0.15) is 25.3 Å². The summed E-state index contributed by atoms with van der Waals surface area (Å²) in [5.74, 6) is 0.916. The molecule has 1 fully saturated rings. The molecule has 1 aromatic rings. The Hall–Kier alpha value is -1.13. The Morgan fingerprint density at radius 2 is 2.28 bits per heavy atom. The molecule has 0 spiro atoms. The van der Waals surface area contributed by atoms with Gasteiger partial charge in [-0.1, -0.05) is 13.5 Å². The fraction of sp³-hybridized carbons (Fsp3) is 0.643. The second kappa shape index (κ2) is 6.71. The van der Waals surface area contributed by atoms with Crippen molar-refractivity contribution in [1.29, 1.82) is 0 Å². The van der Waals surface area contributed by atoms with E-state index in [4.69, 9.17) is 0 Å². The topological polar surface area (TPSA) is 33.1 Å². The van der Waals surface area contributed by atoms with Crippen molar-refractivity contribution in [3.05, 3.63) is 24.5 Å². The maximum absolute atomic E-state index is 4.16. The summed E-state index contributed by atoms with van der Waals surface area (Å²) >= 11 is 0. The molecule has 0 radical (unpaired) electrons. The highest BCUT2D eigenvalue weighted by Crippen LogP contribution is 2.15. The smallest absolute Gasteiger partial charge is 0.0538 e. The van der Waals surface area contributed by atoms with Crippen molar-refractivity contribution in [1.82, 2.24) is 20.0 Å². The second-order valence-electron chi connectivity index (χ2n) is 5.21. The van der Waals surface area contributed by atoms with Crippen LogP contribution < -0.4 is 5.32 Å². The summed E-state index contributed by atoms with van der Waals surface area (Å²) in [6, 6.07) is 0. The highest BCUT2D eigenvalue weighted by atomic mass is 15.2. The first-order valence-corrected chi connectivity index (χ1v) is 6.86. The van der Waals surface area contributed by atoms with Crippen molar-refractivity contribution in [3.8, 4) is 0 Å². The lowest BCUT2D eigenvalue weighted by molar-refractivity contribution is 0.193. The minimum atomic E-state index is 0.887. The van der Waals surface area contributed by atoms with Crippen LogP contribution >= 0.6 is 0 Å². The zero-order valence-corrected chi connectivity index (χ0v) is 11.3. The molecule has 4 nitrogen and oxygen atoms in total. The Labute approximate surface area is 110 Å². The van der Waals surface area contributed by atoms with Crippen LogP contribution in [-0.2, 0) is 6.54 Å². The maximum Gasteiger partial charge on any atom is 0.0538 e. The van der Waals surface area contributed by atoms with Crippen molar-refractivity contribution >= 4 is 6.20 Å². The summed E-state index contributed by atoms with van der Waals surface area (Å²) in [7, 11) is 0. The van der Waals surface area contributed by atoms with Crippen molar-refractivity contribution in [3.63, 3.8) is 0 Å². The van der Waals surface area contributed by atoms with Crippen molar-refractivity contribution < 1.29 is 0 Å². The molecule has 0 atom stereocenters. The largest absolute Gasteiger partial charge is 0.311 e. The molecule has 1 saturated heterocycles. The normalized spacial score (nSPS) is 18.1. The molecule has 2 heterocycles. The minimum absolute atomic E-state index is 0.887. The molecule has 100 valence electrons. The number of aromatic nitrogens is 2. The van der Waals surface area contributed by atoms with Gasteiger partial charge in [0.15, 0.2) is 0 Å². The summed E-state index contributed by atoms with van der Waals surface area (Å²) < 4.78 is 1.74. The fourth-order valence-electron chi connectivity index (χ4n) is 2.32. The van der Waals surface area contributed by atoms with Crippen molar-refractivity contribution in [2.45, 2.75) is 26.3 Å². The van der Waals surface area contributed by atoms with Gasteiger partial charge in [0.1, 0.15) is 0 Å². The van der Waals surface area contributed by atoms with Crippen LogP contribution in [0.4, 0.5) is 0 Å². The zero-order valence-electron chi connectivity index (χ0n) is 11.3. The first-order valence-electron chi connectivity index (χ1n) is 6.86. The fourth-order valence-corrected chi connectivity index (χ4v) is 2.32. The van der Waals surface area contributed by atoms with Crippen molar-refractivity contribution in [2.75, 3.05) is 26.2 Å². The molecule has 1 N–H and O–H groups in total. The molecule has 0 aliphatic carbocycles. The Kier molecular flexibility index (Phi) is 4.96. The average molecular weight is 248 g/mol. The first kappa shape index (κ1) is 13.3. The van der Waals surface area contributed by atoms with Gasteiger partial charge in [0.05, 0.1) is 6.20 Å². The summed E-state index contributed by atoms with van der Waals surface area (Å²) in [4.78, 5) is 2.56. The molecule has 0 unspecified atom stereocenters. The Morgan fingerprint density at radius 1 is 1.50 bits per heavy atom. The predicted octanol–water partition coefficient (Wildman–Crippen LogP) is 1.81. The van der Waals surface area contributed by atoms with E-state index in [9.17, 15) is 0 Å². The van der Waals surface area contributed by atoms with Gasteiger partial charge in [-0.3, -0.25) is 0 Å². The second-order valence-corrected chi connectivity index (χ2v) is 5.21. The van der Waals surface area contributed by atoms with E-state index in [0.717, 1.165) is 25.6 Å². The molecule has 18 heavy (non-hydrogen) atoms. The average Bonchev–Trinajstić information content (AvgIpc) is 2.85. The predicted molar refractivity (Wildman–Crippen MR) is 75.2 cm³/mol. The Bertz CT molecular complexity index is 364. The Balaban J connectivity index is 1.59. The molecule has 0 amide bonds. The van der Waals surface area contributed by atoms with E-state index in [1.165, 1.54) is 31.5 Å². The number of likely N-dealkylation sites (tertiary alicyclic amines) is 1. The number of rotatable bonds is 6. The Morgan fingerprint density at radius 3 is 2.94 bits per heavy atom. The van der Waals surface area contributed by atoms with E-state index in [2.05, 4.69) is 28.8 Å². The highest BCUT2D eigenvalue weighted by molar-refractivity contribution is 5.17. The third kappa shape index (κ3) is 3.96. The molecule has 2 rings (SSSR count). The number of nitrogens with zero attached hydrogens (tertiary/aromatic N) is 3. The SMILES string of the molecule is C=Cn1cc(CNCCN2CCC(C)CC2)cn1.